The van der Waals surface area contributed by atoms with Gasteiger partial charge < -0.3 is 9.32 Å². The van der Waals surface area contributed by atoms with E-state index >= 15 is 0 Å². The predicted octanol–water partition coefficient (Wildman–Crippen LogP) is 5.76. The van der Waals surface area contributed by atoms with Crippen LogP contribution in [0.4, 0.5) is 5.69 Å². The molecule has 3 unspecified atom stereocenters. The second kappa shape index (κ2) is 4.57. The Morgan fingerprint density at radius 2 is 1.84 bits per heavy atom. The first kappa shape index (κ1) is 15.2. The molecule has 1 aliphatic heterocycles. The Labute approximate surface area is 149 Å². The van der Waals surface area contributed by atoms with Crippen LogP contribution < -0.4 is 4.90 Å². The van der Waals surface area contributed by atoms with Gasteiger partial charge in [-0.2, -0.15) is 0 Å². The molecule has 2 aliphatic rings. The molecule has 3 nitrogen and oxygen atoms in total. The van der Waals surface area contributed by atoms with Crippen molar-refractivity contribution in [3.05, 3.63) is 35.5 Å². The fraction of sp³-hybridized carbons (Fsp3) is 0.500. The Morgan fingerprint density at radius 3 is 2.56 bits per heavy atom. The average Bonchev–Trinajstić information content (AvgIpc) is 3.13. The van der Waals surface area contributed by atoms with Gasteiger partial charge in [0.2, 0.25) is 5.71 Å². The van der Waals surface area contributed by atoms with Crippen molar-refractivity contribution in [1.82, 2.24) is 4.98 Å². The minimum atomic E-state index is 0.232. The largest absolute Gasteiger partial charge is 0.436 e. The van der Waals surface area contributed by atoms with Gasteiger partial charge in [0, 0.05) is 28.0 Å². The molecule has 25 heavy (non-hydrogen) atoms. The lowest BCUT2D eigenvalue weighted by Crippen LogP contribution is -2.49. The number of anilines is 1. The van der Waals surface area contributed by atoms with Gasteiger partial charge in [0.1, 0.15) is 0 Å². The first-order valence-corrected chi connectivity index (χ1v) is 9.41. The van der Waals surface area contributed by atoms with Crippen molar-refractivity contribution in [2.45, 2.75) is 65.5 Å². The monoisotopic (exact) mass is 334 g/mol. The molecule has 2 bridgehead atoms. The minimum absolute atomic E-state index is 0.232. The first-order valence-electron chi connectivity index (χ1n) is 9.41. The number of hydrogen-bond acceptors (Lipinski definition) is 3. The molecule has 3 atom stereocenters. The molecule has 3 aromatic rings. The summed E-state index contributed by atoms with van der Waals surface area (Å²) in [6.07, 6.45) is 3.87. The van der Waals surface area contributed by atoms with E-state index in [9.17, 15) is 0 Å². The normalized spacial score (nSPS) is 31.6. The fourth-order valence-electron chi connectivity index (χ4n) is 5.60. The molecule has 2 fully saturated rings. The maximum Gasteiger partial charge on any atom is 0.227 e. The van der Waals surface area contributed by atoms with Crippen LogP contribution in [0.2, 0.25) is 0 Å². The number of furan rings is 1. The number of fused-ring (bicyclic) bond motifs is 5. The molecule has 3 heterocycles. The maximum atomic E-state index is 6.34. The Kier molecular flexibility index (Phi) is 2.79. The third kappa shape index (κ3) is 1.84. The van der Waals surface area contributed by atoms with E-state index in [-0.39, 0.29) is 5.54 Å². The quantitative estimate of drug-likeness (QED) is 0.567. The summed E-state index contributed by atoms with van der Waals surface area (Å²) in [4.78, 5) is 7.29. The summed E-state index contributed by atoms with van der Waals surface area (Å²) in [5.41, 5.74) is 5.99. The third-order valence-corrected chi connectivity index (χ3v) is 7.06. The van der Waals surface area contributed by atoms with Gasteiger partial charge in [-0.1, -0.05) is 19.1 Å². The van der Waals surface area contributed by atoms with E-state index in [1.165, 1.54) is 35.9 Å². The van der Waals surface area contributed by atoms with Crippen LogP contribution in [0.15, 0.2) is 28.7 Å². The van der Waals surface area contributed by atoms with Gasteiger partial charge >= 0.3 is 0 Å². The molecule has 0 N–H and O–H groups in total. The zero-order chi connectivity index (χ0) is 17.6. The Hall–Kier alpha value is -2.03. The zero-order valence-corrected chi connectivity index (χ0v) is 15.8. The predicted molar refractivity (Wildman–Crippen MR) is 103 cm³/mol. The number of aryl methyl sites for hydroxylation is 2. The van der Waals surface area contributed by atoms with Crippen LogP contribution in [0.5, 0.6) is 0 Å². The van der Waals surface area contributed by atoms with Crippen LogP contribution in [-0.2, 0) is 0 Å². The Bertz CT molecular complexity index is 1020. The van der Waals surface area contributed by atoms with Gasteiger partial charge in [-0.3, -0.25) is 0 Å². The van der Waals surface area contributed by atoms with Gasteiger partial charge in [0.25, 0.3) is 0 Å². The van der Waals surface area contributed by atoms with Gasteiger partial charge in [-0.05, 0) is 70.1 Å². The highest BCUT2D eigenvalue weighted by molar-refractivity contribution is 6.08. The summed E-state index contributed by atoms with van der Waals surface area (Å²) < 4.78 is 6.34. The van der Waals surface area contributed by atoms with Gasteiger partial charge in [0.15, 0.2) is 5.58 Å². The molecule has 1 saturated heterocycles. The van der Waals surface area contributed by atoms with E-state index in [4.69, 9.17) is 4.42 Å². The smallest absolute Gasteiger partial charge is 0.227 e. The van der Waals surface area contributed by atoms with E-state index in [2.05, 4.69) is 61.8 Å². The third-order valence-electron chi connectivity index (χ3n) is 7.06. The number of nitrogens with zero attached hydrogens (tertiary/aromatic N) is 2. The summed E-state index contributed by atoms with van der Waals surface area (Å²) in [6, 6.07) is 9.18. The molecule has 0 amide bonds. The molecule has 130 valence electrons. The minimum Gasteiger partial charge on any atom is -0.436 e. The van der Waals surface area contributed by atoms with Crippen LogP contribution in [0, 0.1) is 19.3 Å². The van der Waals surface area contributed by atoms with Crippen LogP contribution >= 0.6 is 0 Å². The summed E-state index contributed by atoms with van der Waals surface area (Å²) in [5.74, 6) is 0. The number of hydrogen-bond donors (Lipinski definition) is 0. The van der Waals surface area contributed by atoms with Crippen molar-refractivity contribution in [3.8, 4) is 0 Å². The molecule has 2 aromatic heterocycles. The summed E-state index contributed by atoms with van der Waals surface area (Å²) >= 11 is 0. The molecular formula is C22H26N2O. The second-order valence-corrected chi connectivity index (χ2v) is 8.89. The Balaban J connectivity index is 1.82. The highest BCUT2D eigenvalue weighted by atomic mass is 16.3. The highest BCUT2D eigenvalue weighted by Crippen LogP contribution is 2.60. The zero-order valence-electron chi connectivity index (χ0n) is 15.8. The second-order valence-electron chi connectivity index (χ2n) is 8.89. The fourth-order valence-corrected chi connectivity index (χ4v) is 5.60. The molecule has 1 saturated carbocycles. The van der Waals surface area contributed by atoms with Gasteiger partial charge in [-0.25, -0.2) is 4.98 Å². The van der Waals surface area contributed by atoms with E-state index in [1.807, 2.05) is 6.92 Å². The molecule has 3 heteroatoms. The highest BCUT2D eigenvalue weighted by Gasteiger charge is 2.59. The molecular weight excluding hydrogens is 308 g/mol. The average molecular weight is 334 g/mol. The van der Waals surface area contributed by atoms with Crippen molar-refractivity contribution < 1.29 is 4.42 Å². The van der Waals surface area contributed by atoms with Gasteiger partial charge in [0.05, 0.1) is 5.69 Å². The van der Waals surface area contributed by atoms with Crippen molar-refractivity contribution in [2.24, 2.45) is 5.41 Å². The maximum absolute atomic E-state index is 6.34. The van der Waals surface area contributed by atoms with Crippen LogP contribution in [0.25, 0.3) is 22.1 Å². The van der Waals surface area contributed by atoms with Crippen molar-refractivity contribution in [2.75, 3.05) is 4.90 Å². The number of benzene rings is 1. The molecule has 5 rings (SSSR count). The lowest BCUT2D eigenvalue weighted by molar-refractivity contribution is 0.290. The number of pyridine rings is 1. The number of aromatic nitrogens is 1. The lowest BCUT2D eigenvalue weighted by Gasteiger charge is -2.44. The van der Waals surface area contributed by atoms with E-state index in [0.29, 0.717) is 11.5 Å². The van der Waals surface area contributed by atoms with E-state index in [0.717, 1.165) is 22.4 Å². The van der Waals surface area contributed by atoms with Crippen molar-refractivity contribution in [1.29, 1.82) is 0 Å². The van der Waals surface area contributed by atoms with Crippen LogP contribution in [0.1, 0.15) is 51.3 Å². The van der Waals surface area contributed by atoms with Gasteiger partial charge in [-0.15, -0.1) is 0 Å². The van der Waals surface area contributed by atoms with Crippen LogP contribution in [0.3, 0.4) is 0 Å². The number of piperidine rings is 1. The summed E-state index contributed by atoms with van der Waals surface area (Å²) in [6.45, 7) is 11.5. The first-order chi connectivity index (χ1) is 11.8. The number of rotatable bonds is 1. The summed E-state index contributed by atoms with van der Waals surface area (Å²) in [7, 11) is 0. The summed E-state index contributed by atoms with van der Waals surface area (Å²) in [5, 5.41) is 2.31. The van der Waals surface area contributed by atoms with Crippen molar-refractivity contribution >= 4 is 27.8 Å². The van der Waals surface area contributed by atoms with Crippen molar-refractivity contribution in [3.63, 3.8) is 0 Å². The topological polar surface area (TPSA) is 29.3 Å². The molecule has 0 spiro atoms. The molecule has 1 aliphatic carbocycles. The molecule has 0 radical (unpaired) electrons. The standard InChI is InChI=1S/C22H26N2O/c1-13-6-8-16-17-9-7-14(2)23-20(17)25-19(16)18(13)24-15(3)21(4)10-11-22(24,5)12-21/h6-9,15H,10-12H2,1-5H3. The SMILES string of the molecule is Cc1ccc2c(n1)oc1c(N3C(C)C4(C)CCC3(C)C4)c(C)ccc12. The van der Waals surface area contributed by atoms with Crippen LogP contribution in [-0.4, -0.2) is 16.6 Å². The Morgan fingerprint density at radius 1 is 1.08 bits per heavy atom. The van der Waals surface area contributed by atoms with E-state index < -0.39 is 0 Å². The molecule has 1 aromatic carbocycles. The lowest BCUT2D eigenvalue weighted by atomic mass is 9.82. The van der Waals surface area contributed by atoms with E-state index in [1.54, 1.807) is 0 Å².